The molecular weight excluding hydrogens is 225 g/mol. The lowest BCUT2D eigenvalue weighted by Crippen LogP contribution is -2.35. The third-order valence-corrected chi connectivity index (χ3v) is 3.60. The maximum Gasteiger partial charge on any atom is 0.123 e. The predicted octanol–water partition coefficient (Wildman–Crippen LogP) is 4.17. The Hall–Kier alpha value is -0.890. The van der Waals surface area contributed by atoms with Crippen LogP contribution in [0.3, 0.4) is 0 Å². The highest BCUT2D eigenvalue weighted by Crippen LogP contribution is 2.21. The van der Waals surface area contributed by atoms with Crippen molar-refractivity contribution in [1.29, 1.82) is 0 Å². The van der Waals surface area contributed by atoms with Crippen molar-refractivity contribution in [3.8, 4) is 0 Å². The normalized spacial score (nSPS) is 12.9. The molecule has 0 bridgehead atoms. The fourth-order valence-electron chi connectivity index (χ4n) is 2.71. The van der Waals surface area contributed by atoms with E-state index in [0.717, 1.165) is 12.0 Å². The summed E-state index contributed by atoms with van der Waals surface area (Å²) in [5.41, 5.74) is 1.09. The Morgan fingerprint density at radius 1 is 1.17 bits per heavy atom. The molecule has 18 heavy (non-hydrogen) atoms. The van der Waals surface area contributed by atoms with Crippen molar-refractivity contribution in [2.45, 2.75) is 52.0 Å². The molecule has 0 amide bonds. The van der Waals surface area contributed by atoms with Crippen molar-refractivity contribution in [2.24, 2.45) is 5.92 Å². The number of likely N-dealkylation sites (N-methyl/N-ethyl adjacent to an activating group) is 1. The molecule has 0 heterocycles. The maximum absolute atomic E-state index is 13.2. The Bertz CT molecular complexity index is 332. The summed E-state index contributed by atoms with van der Waals surface area (Å²) in [5, 5.41) is 3.42. The van der Waals surface area contributed by atoms with Gasteiger partial charge in [0.05, 0.1) is 0 Å². The highest BCUT2D eigenvalue weighted by molar-refractivity contribution is 5.17. The van der Waals surface area contributed by atoms with E-state index >= 15 is 0 Å². The fourth-order valence-corrected chi connectivity index (χ4v) is 2.71. The number of rotatable bonds is 8. The first-order chi connectivity index (χ1) is 8.71. The lowest BCUT2D eigenvalue weighted by molar-refractivity contribution is 0.322. The van der Waals surface area contributed by atoms with Gasteiger partial charge in [-0.25, -0.2) is 4.39 Å². The highest BCUT2D eigenvalue weighted by Gasteiger charge is 2.18. The number of nitrogens with one attached hydrogen (secondary N) is 1. The monoisotopic (exact) mass is 251 g/mol. The van der Waals surface area contributed by atoms with Gasteiger partial charge in [-0.05, 0) is 49.9 Å². The summed E-state index contributed by atoms with van der Waals surface area (Å²) in [6.07, 6.45) is 5.83. The summed E-state index contributed by atoms with van der Waals surface area (Å²) in [6, 6.07) is 7.42. The second kappa shape index (κ2) is 8.25. The van der Waals surface area contributed by atoms with Crippen LogP contribution in [0.2, 0.25) is 0 Å². The van der Waals surface area contributed by atoms with E-state index in [2.05, 4.69) is 19.2 Å². The Balaban J connectivity index is 2.69. The predicted molar refractivity (Wildman–Crippen MR) is 76.3 cm³/mol. The van der Waals surface area contributed by atoms with E-state index in [0.29, 0.717) is 12.0 Å². The Morgan fingerprint density at radius 2 is 1.83 bits per heavy atom. The molecule has 0 aromatic heterocycles. The van der Waals surface area contributed by atoms with E-state index in [-0.39, 0.29) is 5.82 Å². The van der Waals surface area contributed by atoms with E-state index in [9.17, 15) is 4.39 Å². The zero-order chi connectivity index (χ0) is 13.4. The van der Waals surface area contributed by atoms with Crippen LogP contribution in [0.15, 0.2) is 24.3 Å². The van der Waals surface area contributed by atoms with E-state index in [1.165, 1.54) is 31.7 Å². The lowest BCUT2D eigenvalue weighted by atomic mass is 9.87. The van der Waals surface area contributed by atoms with Crippen molar-refractivity contribution >= 4 is 0 Å². The second-order valence-electron chi connectivity index (χ2n) is 5.07. The van der Waals surface area contributed by atoms with Gasteiger partial charge in [0.15, 0.2) is 0 Å². The van der Waals surface area contributed by atoms with Crippen molar-refractivity contribution in [2.75, 3.05) is 7.05 Å². The first-order valence-electron chi connectivity index (χ1n) is 7.12. The van der Waals surface area contributed by atoms with Gasteiger partial charge in [-0.3, -0.25) is 0 Å². The molecule has 1 nitrogen and oxygen atoms in total. The van der Waals surface area contributed by atoms with Crippen LogP contribution in [0.5, 0.6) is 0 Å². The van der Waals surface area contributed by atoms with E-state index in [1.54, 1.807) is 12.1 Å². The summed E-state index contributed by atoms with van der Waals surface area (Å²) in [7, 11) is 2.02. The number of hydrogen-bond acceptors (Lipinski definition) is 1. The van der Waals surface area contributed by atoms with Gasteiger partial charge in [0.2, 0.25) is 0 Å². The Kier molecular flexibility index (Phi) is 6.96. The van der Waals surface area contributed by atoms with E-state index in [4.69, 9.17) is 0 Å². The second-order valence-corrected chi connectivity index (χ2v) is 5.07. The van der Waals surface area contributed by atoms with Gasteiger partial charge in [0.1, 0.15) is 5.82 Å². The fraction of sp³-hybridized carbons (Fsp3) is 0.625. The minimum Gasteiger partial charge on any atom is -0.316 e. The Morgan fingerprint density at radius 3 is 2.33 bits per heavy atom. The van der Waals surface area contributed by atoms with Crippen LogP contribution in [-0.2, 0) is 6.42 Å². The molecule has 0 spiro atoms. The van der Waals surface area contributed by atoms with Crippen LogP contribution < -0.4 is 5.32 Å². The van der Waals surface area contributed by atoms with Gasteiger partial charge < -0.3 is 5.32 Å². The molecule has 102 valence electrons. The first-order valence-corrected chi connectivity index (χ1v) is 7.12. The quantitative estimate of drug-likeness (QED) is 0.731. The standard InChI is InChI=1S/C16H26FN/c1-4-7-14(8-5-2)16(18-3)12-13-9-6-10-15(17)11-13/h6,9-11,14,16,18H,4-5,7-8,12H2,1-3H3. The zero-order valence-electron chi connectivity index (χ0n) is 11.9. The number of benzene rings is 1. The van der Waals surface area contributed by atoms with E-state index in [1.807, 2.05) is 13.1 Å². The topological polar surface area (TPSA) is 12.0 Å². The third-order valence-electron chi connectivity index (χ3n) is 3.60. The van der Waals surface area contributed by atoms with Crippen molar-refractivity contribution in [3.63, 3.8) is 0 Å². The largest absolute Gasteiger partial charge is 0.316 e. The molecule has 1 aromatic rings. The van der Waals surface area contributed by atoms with Crippen LogP contribution >= 0.6 is 0 Å². The van der Waals surface area contributed by atoms with Gasteiger partial charge in [0, 0.05) is 6.04 Å². The minimum atomic E-state index is -0.134. The van der Waals surface area contributed by atoms with Gasteiger partial charge in [-0.1, -0.05) is 38.8 Å². The minimum absolute atomic E-state index is 0.134. The molecule has 0 aliphatic heterocycles. The van der Waals surface area contributed by atoms with Crippen LogP contribution in [-0.4, -0.2) is 13.1 Å². The summed E-state index contributed by atoms with van der Waals surface area (Å²) < 4.78 is 13.2. The molecule has 0 aliphatic rings. The average Bonchev–Trinajstić information content (AvgIpc) is 2.36. The van der Waals surface area contributed by atoms with E-state index < -0.39 is 0 Å². The van der Waals surface area contributed by atoms with Crippen LogP contribution in [0.25, 0.3) is 0 Å². The molecule has 0 aliphatic carbocycles. The zero-order valence-corrected chi connectivity index (χ0v) is 11.9. The van der Waals surface area contributed by atoms with Gasteiger partial charge >= 0.3 is 0 Å². The van der Waals surface area contributed by atoms with Gasteiger partial charge in [0.25, 0.3) is 0 Å². The van der Waals surface area contributed by atoms with Crippen molar-refractivity contribution < 1.29 is 4.39 Å². The summed E-state index contributed by atoms with van der Waals surface area (Å²) in [6.45, 7) is 4.47. The summed E-state index contributed by atoms with van der Waals surface area (Å²) in [4.78, 5) is 0. The van der Waals surface area contributed by atoms with Crippen LogP contribution in [0.4, 0.5) is 4.39 Å². The molecule has 1 unspecified atom stereocenters. The first kappa shape index (κ1) is 15.2. The third kappa shape index (κ3) is 4.77. The highest BCUT2D eigenvalue weighted by atomic mass is 19.1. The smallest absolute Gasteiger partial charge is 0.123 e. The molecule has 2 heteroatoms. The van der Waals surface area contributed by atoms with Crippen LogP contribution in [0.1, 0.15) is 45.1 Å². The molecule has 1 atom stereocenters. The maximum atomic E-state index is 13.2. The number of hydrogen-bond donors (Lipinski definition) is 1. The summed E-state index contributed by atoms with van der Waals surface area (Å²) >= 11 is 0. The molecule has 0 radical (unpaired) electrons. The SMILES string of the molecule is CCCC(CCC)C(Cc1cccc(F)c1)NC. The molecule has 0 saturated carbocycles. The average molecular weight is 251 g/mol. The van der Waals surface area contributed by atoms with Gasteiger partial charge in [-0.15, -0.1) is 0 Å². The van der Waals surface area contributed by atoms with Crippen LogP contribution in [0, 0.1) is 11.7 Å². The molecule has 0 fully saturated rings. The molecule has 1 aromatic carbocycles. The summed E-state index contributed by atoms with van der Waals surface area (Å²) in [5.74, 6) is 0.554. The van der Waals surface area contributed by atoms with Crippen molar-refractivity contribution in [3.05, 3.63) is 35.6 Å². The van der Waals surface area contributed by atoms with Crippen molar-refractivity contribution in [1.82, 2.24) is 5.32 Å². The molecule has 0 saturated heterocycles. The molecular formula is C16H26FN. The molecule has 1 rings (SSSR count). The lowest BCUT2D eigenvalue weighted by Gasteiger charge is -2.26. The van der Waals surface area contributed by atoms with Gasteiger partial charge in [-0.2, -0.15) is 0 Å². The molecule has 1 N–H and O–H groups in total. The Labute approximate surface area is 111 Å². The number of halogens is 1.